The number of anilines is 2. The van der Waals surface area contributed by atoms with E-state index in [0.717, 1.165) is 28.9 Å². The number of hydrogen-bond donors (Lipinski definition) is 3. The normalized spacial score (nSPS) is 17.8. The summed E-state index contributed by atoms with van der Waals surface area (Å²) in [5, 5.41) is 8.57. The van der Waals surface area contributed by atoms with Gasteiger partial charge in [-0.2, -0.15) is 0 Å². The Balaban J connectivity index is 1.83. The van der Waals surface area contributed by atoms with Crippen LogP contribution in [0.2, 0.25) is 0 Å². The Kier molecular flexibility index (Phi) is 10.9. The molecule has 4 atom stereocenters. The van der Waals surface area contributed by atoms with Gasteiger partial charge in [0.25, 0.3) is 5.91 Å². The first-order valence-corrected chi connectivity index (χ1v) is 15.1. The molecule has 1 heterocycles. The first kappa shape index (κ1) is 32.1. The van der Waals surface area contributed by atoms with Gasteiger partial charge in [0, 0.05) is 37.4 Å². The molecule has 0 saturated heterocycles. The fraction of sp³-hybridized carbons (Fsp3) is 0.517. The number of nitrogens with one attached hydrogen (secondary N) is 3. The van der Waals surface area contributed by atoms with E-state index in [-0.39, 0.29) is 29.8 Å². The van der Waals surface area contributed by atoms with Crippen molar-refractivity contribution in [2.24, 2.45) is 11.8 Å². The van der Waals surface area contributed by atoms with Crippen LogP contribution in [0.4, 0.5) is 20.4 Å². The van der Waals surface area contributed by atoms with Gasteiger partial charge in [0.15, 0.2) is 0 Å². The number of benzene rings is 1. The number of amides is 1. The molecule has 1 saturated carbocycles. The number of terminal acetylenes is 1. The van der Waals surface area contributed by atoms with Crippen molar-refractivity contribution in [3.8, 4) is 18.1 Å². The molecule has 1 aliphatic rings. The van der Waals surface area contributed by atoms with Crippen molar-refractivity contribution in [2.45, 2.75) is 57.9 Å². The minimum absolute atomic E-state index is 0.0146. The molecule has 224 valence electrons. The van der Waals surface area contributed by atoms with E-state index in [4.69, 9.17) is 11.2 Å². The molecule has 0 aliphatic heterocycles. The first-order chi connectivity index (χ1) is 19.3. The number of hydrogen-bond acceptors (Lipinski definition) is 7. The summed E-state index contributed by atoms with van der Waals surface area (Å²) < 4.78 is 59.7. The van der Waals surface area contributed by atoms with Crippen LogP contribution >= 0.6 is 0 Å². The van der Waals surface area contributed by atoms with E-state index in [0.29, 0.717) is 37.2 Å². The van der Waals surface area contributed by atoms with Gasteiger partial charge in [-0.15, -0.1) is 6.42 Å². The smallest absolute Gasteiger partial charge is 0.251 e. The Morgan fingerprint density at radius 3 is 2.44 bits per heavy atom. The highest BCUT2D eigenvalue weighted by Gasteiger charge is 2.32. The molecule has 1 amide bonds. The molecular formula is C29H39F2N5O4S. The number of pyridine rings is 1. The fourth-order valence-corrected chi connectivity index (χ4v) is 5.06. The zero-order chi connectivity index (χ0) is 30.3. The number of rotatable bonds is 15. The molecular weight excluding hydrogens is 552 g/mol. The van der Waals surface area contributed by atoms with E-state index in [9.17, 15) is 22.0 Å². The molecule has 0 radical (unpaired) electrons. The number of aromatic nitrogens is 1. The summed E-state index contributed by atoms with van der Waals surface area (Å²) in [4.78, 5) is 17.9. The summed E-state index contributed by atoms with van der Waals surface area (Å²) in [5.41, 5.74) is 0.193. The zero-order valence-electron chi connectivity index (χ0n) is 24.1. The predicted molar refractivity (Wildman–Crippen MR) is 156 cm³/mol. The summed E-state index contributed by atoms with van der Waals surface area (Å²) in [6.07, 6.45) is 6.91. The third-order valence-electron chi connectivity index (χ3n) is 7.01. The van der Waals surface area contributed by atoms with Crippen molar-refractivity contribution >= 4 is 27.6 Å². The second kappa shape index (κ2) is 14.0. The van der Waals surface area contributed by atoms with Gasteiger partial charge >= 0.3 is 0 Å². The van der Waals surface area contributed by atoms with Crippen LogP contribution in [0.3, 0.4) is 0 Å². The second-order valence-electron chi connectivity index (χ2n) is 10.7. The highest BCUT2D eigenvalue weighted by molar-refractivity contribution is 7.93. The second-order valence-corrected chi connectivity index (χ2v) is 13.3. The number of carbonyl (C=O) groups excluding carboxylic acids is 1. The van der Waals surface area contributed by atoms with Gasteiger partial charge in [-0.3, -0.25) is 9.10 Å². The third kappa shape index (κ3) is 9.30. The molecule has 3 rings (SSSR count). The van der Waals surface area contributed by atoms with Crippen molar-refractivity contribution in [3.63, 3.8) is 0 Å². The highest BCUT2D eigenvalue weighted by Crippen LogP contribution is 2.37. The molecule has 0 spiro atoms. The highest BCUT2D eigenvalue weighted by atomic mass is 32.2. The molecule has 41 heavy (non-hydrogen) atoms. The Hall–Kier alpha value is -3.43. The van der Waals surface area contributed by atoms with Crippen LogP contribution in [-0.2, 0) is 10.0 Å². The van der Waals surface area contributed by atoms with E-state index in [1.165, 1.54) is 13.1 Å². The molecule has 12 heteroatoms. The Morgan fingerprint density at radius 2 is 1.85 bits per heavy atom. The van der Waals surface area contributed by atoms with Crippen LogP contribution in [0.1, 0.15) is 50.9 Å². The minimum atomic E-state index is -3.70. The number of halogens is 2. The van der Waals surface area contributed by atoms with E-state index in [2.05, 4.69) is 33.8 Å². The molecule has 4 unspecified atom stereocenters. The SMILES string of the molecule is C#CC(C)NCCC(COc1cc(F)cc(F)c1)NC(=O)c1cc(NCC2CC2C)nc(N(C)S(=O)(=O)C(C)C)c1. The quantitative estimate of drug-likeness (QED) is 0.270. The maximum absolute atomic E-state index is 13.6. The average molecular weight is 592 g/mol. The molecule has 1 aromatic carbocycles. The molecule has 1 fully saturated rings. The molecule has 9 nitrogen and oxygen atoms in total. The van der Waals surface area contributed by atoms with Crippen LogP contribution in [0.15, 0.2) is 30.3 Å². The number of sulfonamides is 1. The van der Waals surface area contributed by atoms with Crippen LogP contribution < -0.4 is 25.0 Å². The maximum atomic E-state index is 13.6. The maximum Gasteiger partial charge on any atom is 0.251 e. The summed E-state index contributed by atoms with van der Waals surface area (Å²) >= 11 is 0. The Labute approximate surface area is 241 Å². The van der Waals surface area contributed by atoms with Gasteiger partial charge in [0.2, 0.25) is 10.0 Å². The lowest BCUT2D eigenvalue weighted by molar-refractivity contribution is 0.0918. The summed E-state index contributed by atoms with van der Waals surface area (Å²) in [6, 6.07) is 5.06. The number of nitrogens with zero attached hydrogens (tertiary/aromatic N) is 2. The Morgan fingerprint density at radius 1 is 1.20 bits per heavy atom. The van der Waals surface area contributed by atoms with Crippen molar-refractivity contribution in [1.29, 1.82) is 0 Å². The molecule has 0 bridgehead atoms. The van der Waals surface area contributed by atoms with E-state index >= 15 is 0 Å². The fourth-order valence-electron chi connectivity index (χ4n) is 4.07. The summed E-state index contributed by atoms with van der Waals surface area (Å²) in [7, 11) is -2.30. The third-order valence-corrected chi connectivity index (χ3v) is 9.15. The topological polar surface area (TPSA) is 113 Å². The van der Waals surface area contributed by atoms with Crippen molar-refractivity contribution in [2.75, 3.05) is 36.4 Å². The minimum Gasteiger partial charge on any atom is -0.491 e. The van der Waals surface area contributed by atoms with Gasteiger partial charge < -0.3 is 20.7 Å². The number of ether oxygens (including phenoxy) is 1. The van der Waals surface area contributed by atoms with Gasteiger partial charge in [-0.05, 0) is 64.1 Å². The monoisotopic (exact) mass is 591 g/mol. The molecule has 1 aromatic heterocycles. The van der Waals surface area contributed by atoms with Crippen molar-refractivity contribution < 1.29 is 26.7 Å². The lowest BCUT2D eigenvalue weighted by Crippen LogP contribution is -2.42. The summed E-state index contributed by atoms with van der Waals surface area (Å²) in [6.45, 7) is 8.11. The molecule has 1 aliphatic carbocycles. The lowest BCUT2D eigenvalue weighted by Gasteiger charge is -2.23. The largest absolute Gasteiger partial charge is 0.491 e. The predicted octanol–water partition coefficient (Wildman–Crippen LogP) is 3.78. The molecule has 2 aromatic rings. The van der Waals surface area contributed by atoms with Crippen molar-refractivity contribution in [1.82, 2.24) is 15.6 Å². The van der Waals surface area contributed by atoms with E-state index < -0.39 is 38.9 Å². The van der Waals surface area contributed by atoms with Crippen molar-refractivity contribution in [3.05, 3.63) is 47.5 Å². The Bertz CT molecular complexity index is 1350. The number of carbonyl (C=O) groups is 1. The van der Waals surface area contributed by atoms with Gasteiger partial charge in [-0.1, -0.05) is 12.8 Å². The van der Waals surface area contributed by atoms with Crippen LogP contribution in [-0.4, -0.2) is 63.4 Å². The van der Waals surface area contributed by atoms with Crippen LogP contribution in [0.5, 0.6) is 5.75 Å². The van der Waals surface area contributed by atoms with Gasteiger partial charge in [-0.25, -0.2) is 22.2 Å². The average Bonchev–Trinajstić information content (AvgIpc) is 3.63. The van der Waals surface area contributed by atoms with Gasteiger partial charge in [0.05, 0.1) is 17.3 Å². The summed E-state index contributed by atoms with van der Waals surface area (Å²) in [5.74, 6) is 2.06. The standard InChI is InChI=1S/C29H39F2N5O4S/c1-7-20(5)32-9-8-25(17-40-26-14-23(30)13-24(31)15-26)34-29(37)21-11-27(33-16-22-10-19(22)4)35-28(12-21)36(6)41(38,39)18(2)3/h1,11-15,18-20,22,25,32H,8-10,16-17H2,2-6H3,(H,33,35)(H,34,37). The first-order valence-electron chi connectivity index (χ1n) is 13.6. The molecule has 3 N–H and O–H groups in total. The lowest BCUT2D eigenvalue weighted by atomic mass is 10.1. The zero-order valence-corrected chi connectivity index (χ0v) is 24.9. The van der Waals surface area contributed by atoms with Crippen LogP contribution in [0, 0.1) is 35.8 Å². The van der Waals surface area contributed by atoms with E-state index in [1.54, 1.807) is 19.9 Å². The van der Waals surface area contributed by atoms with E-state index in [1.807, 2.05) is 6.92 Å². The van der Waals surface area contributed by atoms with Crippen LogP contribution in [0.25, 0.3) is 0 Å². The van der Waals surface area contributed by atoms with Gasteiger partial charge in [0.1, 0.15) is 35.6 Å².